The molecule has 0 aliphatic heterocycles. The van der Waals surface area contributed by atoms with Crippen molar-refractivity contribution in [3.63, 3.8) is 0 Å². The maximum absolute atomic E-state index is 12.3. The number of carbonyl (C=O) groups is 2. The third-order valence-electron chi connectivity index (χ3n) is 3.74. The predicted molar refractivity (Wildman–Crippen MR) is 96.9 cm³/mol. The van der Waals surface area contributed by atoms with E-state index in [1.807, 2.05) is 19.1 Å². The van der Waals surface area contributed by atoms with Crippen LogP contribution in [0.5, 0.6) is 0 Å². The number of hydrogen-bond acceptors (Lipinski definition) is 6. The van der Waals surface area contributed by atoms with Gasteiger partial charge in [-0.1, -0.05) is 6.07 Å². The smallest absolute Gasteiger partial charge is 0.341 e. The third kappa shape index (κ3) is 3.46. The Kier molecular flexibility index (Phi) is 4.79. The van der Waals surface area contributed by atoms with Gasteiger partial charge in [-0.25, -0.2) is 19.6 Å². The van der Waals surface area contributed by atoms with Crippen LogP contribution in [0.3, 0.4) is 0 Å². The molecule has 7 heteroatoms. The van der Waals surface area contributed by atoms with Gasteiger partial charge in [-0.3, -0.25) is 0 Å². The van der Waals surface area contributed by atoms with Gasteiger partial charge in [-0.05, 0) is 44.2 Å². The summed E-state index contributed by atoms with van der Waals surface area (Å²) >= 11 is 0. The average Bonchev–Trinajstić information content (AvgIpc) is 2.62. The predicted octanol–water partition coefficient (Wildman–Crippen LogP) is 3.56. The third-order valence-corrected chi connectivity index (χ3v) is 3.74. The van der Waals surface area contributed by atoms with Gasteiger partial charge in [0.15, 0.2) is 5.65 Å². The van der Waals surface area contributed by atoms with E-state index in [-0.39, 0.29) is 17.7 Å². The summed E-state index contributed by atoms with van der Waals surface area (Å²) in [6, 6.07) is 9.96. The highest BCUT2D eigenvalue weighted by molar-refractivity contribution is 6.05. The molecule has 0 aliphatic rings. The summed E-state index contributed by atoms with van der Waals surface area (Å²) in [5.74, 6) is -1.55. The number of aromatic nitrogens is 2. The number of anilines is 2. The Morgan fingerprint density at radius 1 is 1.23 bits per heavy atom. The number of nitrogens with one attached hydrogen (secondary N) is 1. The number of aryl methyl sites for hydroxylation is 1. The van der Waals surface area contributed by atoms with E-state index in [4.69, 9.17) is 9.84 Å². The topological polar surface area (TPSA) is 101 Å². The second-order valence-corrected chi connectivity index (χ2v) is 5.60. The van der Waals surface area contributed by atoms with Gasteiger partial charge in [-0.2, -0.15) is 0 Å². The summed E-state index contributed by atoms with van der Waals surface area (Å²) in [5, 5.41) is 12.9. The van der Waals surface area contributed by atoms with Crippen molar-refractivity contribution in [3.8, 4) is 0 Å². The molecule has 0 fully saturated rings. The number of ether oxygens (including phenoxy) is 1. The molecule has 0 bridgehead atoms. The van der Waals surface area contributed by atoms with Crippen LogP contribution in [-0.2, 0) is 4.74 Å². The van der Waals surface area contributed by atoms with Crippen LogP contribution in [0.4, 0.5) is 11.4 Å². The number of carboxylic acids is 1. The summed E-state index contributed by atoms with van der Waals surface area (Å²) in [6.07, 6.45) is 1.41. The molecule has 0 amide bonds. The molecule has 0 atom stereocenters. The summed E-state index contributed by atoms with van der Waals surface area (Å²) in [5.41, 5.74) is 2.68. The Morgan fingerprint density at radius 2 is 2.04 bits per heavy atom. The number of fused-ring (bicyclic) bond motifs is 1. The first kappa shape index (κ1) is 17.3. The summed E-state index contributed by atoms with van der Waals surface area (Å²) in [6.45, 7) is 3.81. The number of nitrogens with zero attached hydrogens (tertiary/aromatic N) is 2. The highest BCUT2D eigenvalue weighted by Gasteiger charge is 2.18. The van der Waals surface area contributed by atoms with Crippen molar-refractivity contribution in [1.29, 1.82) is 0 Å². The summed E-state index contributed by atoms with van der Waals surface area (Å²) in [7, 11) is 0. The molecule has 0 saturated carbocycles. The number of esters is 1. The molecular formula is C19H17N3O4. The molecule has 3 aromatic rings. The van der Waals surface area contributed by atoms with Crippen molar-refractivity contribution in [2.45, 2.75) is 13.8 Å². The number of carboxylic acid groups (broad SMARTS) is 1. The number of pyridine rings is 2. The first-order valence-corrected chi connectivity index (χ1v) is 8.03. The summed E-state index contributed by atoms with van der Waals surface area (Å²) < 4.78 is 5.11. The minimum atomic E-state index is -1.03. The SMILES string of the molecule is CCOC(=O)c1cnc2nc(C)ccc2c1Nc1cccc(C(=O)O)c1. The second-order valence-electron chi connectivity index (χ2n) is 5.60. The normalized spacial score (nSPS) is 10.5. The zero-order valence-corrected chi connectivity index (χ0v) is 14.3. The van der Waals surface area contributed by atoms with Crippen LogP contribution in [0.2, 0.25) is 0 Å². The van der Waals surface area contributed by atoms with E-state index in [9.17, 15) is 9.59 Å². The molecule has 26 heavy (non-hydrogen) atoms. The van der Waals surface area contributed by atoms with E-state index in [2.05, 4.69) is 15.3 Å². The molecule has 2 heterocycles. The van der Waals surface area contributed by atoms with Gasteiger partial charge in [0.1, 0.15) is 5.56 Å². The molecular weight excluding hydrogens is 334 g/mol. The largest absolute Gasteiger partial charge is 0.478 e. The number of benzene rings is 1. The van der Waals surface area contributed by atoms with E-state index >= 15 is 0 Å². The number of aromatic carboxylic acids is 1. The fraction of sp³-hybridized carbons (Fsp3) is 0.158. The molecule has 0 radical (unpaired) electrons. The minimum absolute atomic E-state index is 0.139. The lowest BCUT2D eigenvalue weighted by atomic mass is 10.1. The van der Waals surface area contributed by atoms with Crippen LogP contribution in [-0.4, -0.2) is 33.6 Å². The van der Waals surface area contributed by atoms with Crippen LogP contribution >= 0.6 is 0 Å². The van der Waals surface area contributed by atoms with Crippen molar-refractivity contribution in [2.24, 2.45) is 0 Å². The van der Waals surface area contributed by atoms with E-state index in [0.717, 1.165) is 5.69 Å². The zero-order chi connectivity index (χ0) is 18.7. The van der Waals surface area contributed by atoms with Crippen molar-refractivity contribution in [1.82, 2.24) is 9.97 Å². The van der Waals surface area contributed by atoms with Gasteiger partial charge in [0, 0.05) is 23.0 Å². The molecule has 0 saturated heterocycles. The Bertz CT molecular complexity index is 1000. The number of hydrogen-bond donors (Lipinski definition) is 2. The second kappa shape index (κ2) is 7.18. The standard InChI is InChI=1S/C19H17N3O4/c1-3-26-19(25)15-10-20-17-14(8-7-11(2)21-17)16(15)22-13-6-4-5-12(9-13)18(23)24/h4-10H,3H2,1-2H3,(H,23,24)(H,20,21,22). The van der Waals surface area contributed by atoms with E-state index in [0.29, 0.717) is 22.4 Å². The highest BCUT2D eigenvalue weighted by Crippen LogP contribution is 2.29. The van der Waals surface area contributed by atoms with E-state index in [1.54, 1.807) is 19.1 Å². The van der Waals surface area contributed by atoms with E-state index in [1.165, 1.54) is 18.3 Å². The molecule has 1 aromatic carbocycles. The Balaban J connectivity index is 2.14. The molecule has 3 rings (SSSR count). The summed E-state index contributed by atoms with van der Waals surface area (Å²) in [4.78, 5) is 32.1. The lowest BCUT2D eigenvalue weighted by Crippen LogP contribution is -2.10. The Morgan fingerprint density at radius 3 is 2.77 bits per heavy atom. The monoisotopic (exact) mass is 351 g/mol. The quantitative estimate of drug-likeness (QED) is 0.678. The average molecular weight is 351 g/mol. The Hall–Kier alpha value is -3.48. The van der Waals surface area contributed by atoms with Crippen molar-refractivity contribution < 1.29 is 19.4 Å². The molecule has 7 nitrogen and oxygen atoms in total. The fourth-order valence-electron chi connectivity index (χ4n) is 2.54. The molecule has 132 valence electrons. The van der Waals surface area contributed by atoms with Crippen LogP contribution in [0, 0.1) is 6.92 Å². The van der Waals surface area contributed by atoms with E-state index < -0.39 is 11.9 Å². The van der Waals surface area contributed by atoms with Crippen molar-refractivity contribution >= 4 is 34.3 Å². The zero-order valence-electron chi connectivity index (χ0n) is 14.3. The molecule has 2 N–H and O–H groups in total. The van der Waals surface area contributed by atoms with Crippen molar-refractivity contribution in [3.05, 3.63) is 59.4 Å². The maximum atomic E-state index is 12.3. The van der Waals surface area contributed by atoms with Gasteiger partial charge >= 0.3 is 11.9 Å². The van der Waals surface area contributed by atoms with Gasteiger partial charge in [-0.15, -0.1) is 0 Å². The van der Waals surface area contributed by atoms with Crippen LogP contribution in [0.1, 0.15) is 33.3 Å². The molecule has 0 spiro atoms. The molecule has 0 aliphatic carbocycles. The lowest BCUT2D eigenvalue weighted by molar-refractivity contribution is 0.0526. The highest BCUT2D eigenvalue weighted by atomic mass is 16.5. The Labute approximate surface area is 149 Å². The first-order chi connectivity index (χ1) is 12.5. The first-order valence-electron chi connectivity index (χ1n) is 8.03. The molecule has 2 aromatic heterocycles. The van der Waals surface area contributed by atoms with Crippen molar-refractivity contribution in [2.75, 3.05) is 11.9 Å². The minimum Gasteiger partial charge on any atom is -0.478 e. The van der Waals surface area contributed by atoms with Gasteiger partial charge in [0.2, 0.25) is 0 Å². The fourth-order valence-corrected chi connectivity index (χ4v) is 2.54. The van der Waals surface area contributed by atoms with Gasteiger partial charge in [0.25, 0.3) is 0 Å². The van der Waals surface area contributed by atoms with Gasteiger partial charge < -0.3 is 15.2 Å². The van der Waals surface area contributed by atoms with Crippen LogP contribution < -0.4 is 5.32 Å². The van der Waals surface area contributed by atoms with Gasteiger partial charge in [0.05, 0.1) is 17.9 Å². The maximum Gasteiger partial charge on any atom is 0.341 e. The lowest BCUT2D eigenvalue weighted by Gasteiger charge is -2.14. The van der Waals surface area contributed by atoms with Crippen LogP contribution in [0.15, 0.2) is 42.6 Å². The number of carbonyl (C=O) groups excluding carboxylic acids is 1. The van der Waals surface area contributed by atoms with Crippen LogP contribution in [0.25, 0.3) is 11.0 Å². The number of rotatable bonds is 5. The molecule has 0 unspecified atom stereocenters.